The molecule has 1 aliphatic rings. The smallest absolute Gasteiger partial charge is 0.0488 e. The van der Waals surface area contributed by atoms with Crippen LogP contribution in [0.5, 0.6) is 0 Å². The lowest BCUT2D eigenvalue weighted by molar-refractivity contribution is 0.0845. The van der Waals surface area contributed by atoms with E-state index in [0.29, 0.717) is 0 Å². The number of methoxy groups -OCH3 is 2. The SMILES string of the molecule is C1CCCCC1.COCCCOCCCOC. The van der Waals surface area contributed by atoms with E-state index in [0.717, 1.165) is 39.3 Å². The molecule has 1 saturated carbocycles. The molecular weight excluding hydrogens is 216 g/mol. The molecule has 0 unspecified atom stereocenters. The van der Waals surface area contributed by atoms with Crippen LogP contribution < -0.4 is 0 Å². The highest BCUT2D eigenvalue weighted by Crippen LogP contribution is 2.15. The van der Waals surface area contributed by atoms with Crippen molar-refractivity contribution in [1.82, 2.24) is 0 Å². The molecule has 1 fully saturated rings. The Kier molecular flexibility index (Phi) is 15.8. The summed E-state index contributed by atoms with van der Waals surface area (Å²) in [6.07, 6.45) is 11.0. The van der Waals surface area contributed by atoms with Gasteiger partial charge < -0.3 is 14.2 Å². The Labute approximate surface area is 107 Å². The van der Waals surface area contributed by atoms with Crippen LogP contribution in [-0.2, 0) is 14.2 Å². The molecule has 3 heteroatoms. The van der Waals surface area contributed by atoms with Crippen LogP contribution in [0.3, 0.4) is 0 Å². The minimum Gasteiger partial charge on any atom is -0.385 e. The Bertz CT molecular complexity index is 105. The van der Waals surface area contributed by atoms with Crippen molar-refractivity contribution in [2.24, 2.45) is 0 Å². The van der Waals surface area contributed by atoms with Crippen LogP contribution >= 0.6 is 0 Å². The van der Waals surface area contributed by atoms with E-state index in [1.54, 1.807) is 14.2 Å². The molecule has 104 valence electrons. The summed E-state index contributed by atoms with van der Waals surface area (Å²) in [5, 5.41) is 0. The molecule has 1 aliphatic carbocycles. The Morgan fingerprint density at radius 2 is 0.941 bits per heavy atom. The topological polar surface area (TPSA) is 27.7 Å². The highest BCUT2D eigenvalue weighted by molar-refractivity contribution is 4.51. The monoisotopic (exact) mass is 246 g/mol. The van der Waals surface area contributed by atoms with Crippen molar-refractivity contribution in [3.63, 3.8) is 0 Å². The predicted molar refractivity (Wildman–Crippen MR) is 71.5 cm³/mol. The molecule has 0 atom stereocenters. The molecule has 1 rings (SSSR count). The van der Waals surface area contributed by atoms with Crippen molar-refractivity contribution in [1.29, 1.82) is 0 Å². The van der Waals surface area contributed by atoms with Gasteiger partial charge >= 0.3 is 0 Å². The van der Waals surface area contributed by atoms with Gasteiger partial charge in [-0.2, -0.15) is 0 Å². The molecule has 0 aromatic carbocycles. The molecule has 0 heterocycles. The van der Waals surface area contributed by atoms with Crippen LogP contribution in [0, 0.1) is 0 Å². The zero-order valence-corrected chi connectivity index (χ0v) is 11.7. The zero-order valence-electron chi connectivity index (χ0n) is 11.7. The number of ether oxygens (including phenoxy) is 3. The van der Waals surface area contributed by atoms with Crippen LogP contribution in [0.2, 0.25) is 0 Å². The third-order valence-corrected chi connectivity index (χ3v) is 2.77. The van der Waals surface area contributed by atoms with E-state index in [-0.39, 0.29) is 0 Å². The molecule has 0 spiro atoms. The van der Waals surface area contributed by atoms with Gasteiger partial charge in [0, 0.05) is 40.6 Å². The predicted octanol–water partition coefficient (Wildman–Crippen LogP) is 3.42. The first-order valence-corrected chi connectivity index (χ1v) is 6.97. The van der Waals surface area contributed by atoms with Crippen LogP contribution in [0.4, 0.5) is 0 Å². The molecule has 0 radical (unpaired) electrons. The Morgan fingerprint density at radius 1 is 0.588 bits per heavy atom. The summed E-state index contributed by atoms with van der Waals surface area (Å²) in [5.74, 6) is 0. The number of rotatable bonds is 8. The van der Waals surface area contributed by atoms with Gasteiger partial charge in [-0.05, 0) is 12.8 Å². The maximum Gasteiger partial charge on any atom is 0.0488 e. The van der Waals surface area contributed by atoms with Gasteiger partial charge in [0.2, 0.25) is 0 Å². The van der Waals surface area contributed by atoms with Crippen molar-refractivity contribution in [3.05, 3.63) is 0 Å². The summed E-state index contributed by atoms with van der Waals surface area (Å²) in [6, 6.07) is 0. The molecule has 0 saturated heterocycles. The molecule has 17 heavy (non-hydrogen) atoms. The molecule has 0 aromatic heterocycles. The van der Waals surface area contributed by atoms with E-state index < -0.39 is 0 Å². The summed E-state index contributed by atoms with van der Waals surface area (Å²) in [5.41, 5.74) is 0. The van der Waals surface area contributed by atoms with Gasteiger partial charge in [0.05, 0.1) is 0 Å². The van der Waals surface area contributed by atoms with E-state index in [1.165, 1.54) is 38.5 Å². The quantitative estimate of drug-likeness (QED) is 0.614. The number of hydrogen-bond donors (Lipinski definition) is 0. The van der Waals surface area contributed by atoms with Gasteiger partial charge in [-0.3, -0.25) is 0 Å². The van der Waals surface area contributed by atoms with Crippen molar-refractivity contribution in [2.45, 2.75) is 51.4 Å². The largest absolute Gasteiger partial charge is 0.385 e. The minimum absolute atomic E-state index is 0.782. The van der Waals surface area contributed by atoms with Gasteiger partial charge in [-0.15, -0.1) is 0 Å². The fraction of sp³-hybridized carbons (Fsp3) is 1.00. The molecular formula is C14H30O3. The maximum atomic E-state index is 5.28. The molecule has 0 bridgehead atoms. The van der Waals surface area contributed by atoms with Crippen molar-refractivity contribution < 1.29 is 14.2 Å². The van der Waals surface area contributed by atoms with Gasteiger partial charge in [0.15, 0.2) is 0 Å². The standard InChI is InChI=1S/C8H18O3.C6H12/c1-9-5-3-7-11-8-4-6-10-2;1-2-4-6-5-3-1/h3-8H2,1-2H3;1-6H2. The summed E-state index contributed by atoms with van der Waals surface area (Å²) in [4.78, 5) is 0. The second kappa shape index (κ2) is 15.9. The van der Waals surface area contributed by atoms with Crippen molar-refractivity contribution in [3.8, 4) is 0 Å². The first kappa shape index (κ1) is 16.9. The highest BCUT2D eigenvalue weighted by Gasteiger charge is 1.95. The minimum atomic E-state index is 0.782. The normalized spacial score (nSPS) is 15.2. The van der Waals surface area contributed by atoms with E-state index in [9.17, 15) is 0 Å². The lowest BCUT2D eigenvalue weighted by atomic mass is 10.0. The Hall–Kier alpha value is -0.120. The van der Waals surface area contributed by atoms with Gasteiger partial charge in [0.25, 0.3) is 0 Å². The lowest BCUT2D eigenvalue weighted by Crippen LogP contribution is -2.02. The van der Waals surface area contributed by atoms with E-state index in [2.05, 4.69) is 0 Å². The molecule has 0 amide bonds. The first-order valence-electron chi connectivity index (χ1n) is 6.97. The van der Waals surface area contributed by atoms with Crippen LogP contribution in [-0.4, -0.2) is 40.6 Å². The summed E-state index contributed by atoms with van der Waals surface area (Å²) in [6.45, 7) is 3.14. The van der Waals surface area contributed by atoms with Crippen molar-refractivity contribution >= 4 is 0 Å². The molecule has 0 aliphatic heterocycles. The molecule has 0 aromatic rings. The van der Waals surface area contributed by atoms with Gasteiger partial charge in [0.1, 0.15) is 0 Å². The van der Waals surface area contributed by atoms with Gasteiger partial charge in [-0.25, -0.2) is 0 Å². The van der Waals surface area contributed by atoms with Gasteiger partial charge in [-0.1, -0.05) is 38.5 Å². The molecule has 0 N–H and O–H groups in total. The average molecular weight is 246 g/mol. The Balaban J connectivity index is 0.000000354. The van der Waals surface area contributed by atoms with Crippen LogP contribution in [0.15, 0.2) is 0 Å². The highest BCUT2D eigenvalue weighted by atomic mass is 16.5. The summed E-state index contributed by atoms with van der Waals surface area (Å²) in [7, 11) is 3.40. The van der Waals surface area contributed by atoms with Crippen LogP contribution in [0.1, 0.15) is 51.4 Å². The van der Waals surface area contributed by atoms with E-state index in [1.807, 2.05) is 0 Å². The van der Waals surface area contributed by atoms with Crippen LogP contribution in [0.25, 0.3) is 0 Å². The summed E-state index contributed by atoms with van der Waals surface area (Å²) >= 11 is 0. The first-order chi connectivity index (χ1) is 8.41. The van der Waals surface area contributed by atoms with E-state index >= 15 is 0 Å². The third-order valence-electron chi connectivity index (χ3n) is 2.77. The average Bonchev–Trinajstić information content (AvgIpc) is 2.41. The second-order valence-electron chi connectivity index (χ2n) is 4.43. The number of hydrogen-bond acceptors (Lipinski definition) is 3. The fourth-order valence-electron chi connectivity index (χ4n) is 1.77. The second-order valence-corrected chi connectivity index (χ2v) is 4.43. The molecule has 3 nitrogen and oxygen atoms in total. The third kappa shape index (κ3) is 15.9. The Morgan fingerprint density at radius 3 is 1.24 bits per heavy atom. The maximum absolute atomic E-state index is 5.28. The lowest BCUT2D eigenvalue weighted by Gasteiger charge is -2.05. The zero-order chi connectivity index (χ0) is 12.6. The van der Waals surface area contributed by atoms with Crippen molar-refractivity contribution in [2.75, 3.05) is 40.6 Å². The fourth-order valence-corrected chi connectivity index (χ4v) is 1.77. The van der Waals surface area contributed by atoms with E-state index in [4.69, 9.17) is 14.2 Å². The summed E-state index contributed by atoms with van der Waals surface area (Å²) < 4.78 is 15.0.